The van der Waals surface area contributed by atoms with Gasteiger partial charge in [-0.25, -0.2) is 4.98 Å². The van der Waals surface area contributed by atoms with Crippen molar-refractivity contribution in [1.29, 1.82) is 0 Å². The number of aryl methyl sites for hydroxylation is 1. The van der Waals surface area contributed by atoms with E-state index in [0.717, 1.165) is 22.6 Å². The number of rotatable bonds is 8. The number of non-ortho nitro benzene ring substituents is 1. The van der Waals surface area contributed by atoms with E-state index in [1.165, 1.54) is 12.1 Å². The third kappa shape index (κ3) is 4.81. The van der Waals surface area contributed by atoms with E-state index in [1.807, 2.05) is 35.9 Å². The van der Waals surface area contributed by atoms with Gasteiger partial charge in [0, 0.05) is 43.2 Å². The van der Waals surface area contributed by atoms with Gasteiger partial charge in [0.25, 0.3) is 5.69 Å². The second kappa shape index (κ2) is 8.31. The Balaban J connectivity index is 1.39. The molecular formula is C19H21N5O3. The smallest absolute Gasteiger partial charge is 0.269 e. The number of fused-ring (bicyclic) bond motifs is 1. The number of imidazole rings is 1. The molecule has 3 aromatic rings. The van der Waals surface area contributed by atoms with Gasteiger partial charge in [0.15, 0.2) is 0 Å². The summed E-state index contributed by atoms with van der Waals surface area (Å²) in [5.74, 6) is -0.0331. The molecule has 8 nitrogen and oxygen atoms in total. The highest BCUT2D eigenvalue weighted by Crippen LogP contribution is 2.15. The fraction of sp³-hybridized carbons (Fsp3) is 0.263. The number of nitro benzene ring substituents is 1. The summed E-state index contributed by atoms with van der Waals surface area (Å²) in [6.45, 7) is 3.01. The minimum atomic E-state index is -0.432. The lowest BCUT2D eigenvalue weighted by Crippen LogP contribution is -2.23. The van der Waals surface area contributed by atoms with Crippen LogP contribution in [0, 0.1) is 17.0 Å². The summed E-state index contributed by atoms with van der Waals surface area (Å²) in [5.41, 5.74) is 3.66. The molecule has 0 saturated heterocycles. The van der Waals surface area contributed by atoms with Crippen molar-refractivity contribution in [1.82, 2.24) is 14.7 Å². The highest BCUT2D eigenvalue weighted by molar-refractivity contribution is 5.75. The minimum absolute atomic E-state index is 0.0331. The molecule has 0 unspecified atom stereocenters. The van der Waals surface area contributed by atoms with E-state index in [9.17, 15) is 14.9 Å². The minimum Gasteiger partial charge on any atom is -0.385 e. The standard InChI is InChI=1S/C19H21N5O3/c1-14-4-3-11-23-13-16(22-19(14)23)12-21-18(25)5-2-10-20-15-6-8-17(9-7-15)24(26)27/h3-4,6-9,11,13,20H,2,5,10,12H2,1H3,(H,21,25). The van der Waals surface area contributed by atoms with E-state index in [4.69, 9.17) is 0 Å². The van der Waals surface area contributed by atoms with Gasteiger partial charge in [0.05, 0.1) is 17.2 Å². The molecule has 1 aromatic carbocycles. The fourth-order valence-corrected chi connectivity index (χ4v) is 2.75. The monoisotopic (exact) mass is 367 g/mol. The quantitative estimate of drug-likeness (QED) is 0.362. The summed E-state index contributed by atoms with van der Waals surface area (Å²) in [6, 6.07) is 10.2. The maximum atomic E-state index is 12.0. The number of nitro groups is 1. The molecule has 0 bridgehead atoms. The van der Waals surface area contributed by atoms with Crippen LogP contribution in [0.25, 0.3) is 5.65 Å². The van der Waals surface area contributed by atoms with Gasteiger partial charge in [-0.2, -0.15) is 0 Å². The van der Waals surface area contributed by atoms with Crippen molar-refractivity contribution in [3.63, 3.8) is 0 Å². The van der Waals surface area contributed by atoms with Crippen molar-refractivity contribution in [3.05, 3.63) is 70.2 Å². The van der Waals surface area contributed by atoms with Crippen LogP contribution in [-0.4, -0.2) is 26.8 Å². The largest absolute Gasteiger partial charge is 0.385 e. The first-order valence-corrected chi connectivity index (χ1v) is 8.71. The molecule has 2 aromatic heterocycles. The number of carbonyl (C=O) groups is 1. The molecule has 0 aliphatic carbocycles. The Morgan fingerprint density at radius 2 is 2.04 bits per heavy atom. The Hall–Kier alpha value is -3.42. The van der Waals surface area contributed by atoms with E-state index in [0.29, 0.717) is 25.9 Å². The van der Waals surface area contributed by atoms with Crippen LogP contribution in [0.4, 0.5) is 11.4 Å². The molecule has 0 spiro atoms. The van der Waals surface area contributed by atoms with E-state index >= 15 is 0 Å². The first-order chi connectivity index (χ1) is 13.0. The van der Waals surface area contributed by atoms with Crippen LogP contribution in [0.2, 0.25) is 0 Å². The number of carbonyl (C=O) groups excluding carboxylic acids is 1. The first-order valence-electron chi connectivity index (χ1n) is 8.71. The third-order valence-corrected chi connectivity index (χ3v) is 4.18. The molecule has 2 heterocycles. The van der Waals surface area contributed by atoms with Crippen molar-refractivity contribution in [3.8, 4) is 0 Å². The van der Waals surface area contributed by atoms with E-state index in [2.05, 4.69) is 15.6 Å². The van der Waals surface area contributed by atoms with Gasteiger partial charge in [-0.15, -0.1) is 0 Å². The number of nitrogens with zero attached hydrogens (tertiary/aromatic N) is 3. The maximum Gasteiger partial charge on any atom is 0.269 e. The molecule has 8 heteroatoms. The predicted octanol–water partition coefficient (Wildman–Crippen LogP) is 3.06. The number of pyridine rings is 1. The molecule has 0 radical (unpaired) electrons. The number of anilines is 1. The zero-order chi connectivity index (χ0) is 19.2. The Bertz CT molecular complexity index is 950. The van der Waals surface area contributed by atoms with Gasteiger partial charge in [-0.1, -0.05) is 6.07 Å². The number of aromatic nitrogens is 2. The van der Waals surface area contributed by atoms with Crippen molar-refractivity contribution in [2.24, 2.45) is 0 Å². The Morgan fingerprint density at radius 1 is 1.26 bits per heavy atom. The molecule has 0 fully saturated rings. The van der Waals surface area contributed by atoms with Crippen LogP contribution in [0.15, 0.2) is 48.8 Å². The molecule has 0 saturated carbocycles. The van der Waals surface area contributed by atoms with Gasteiger partial charge in [0.1, 0.15) is 5.65 Å². The zero-order valence-electron chi connectivity index (χ0n) is 15.0. The summed E-state index contributed by atoms with van der Waals surface area (Å²) in [7, 11) is 0. The Morgan fingerprint density at radius 3 is 2.74 bits per heavy atom. The summed E-state index contributed by atoms with van der Waals surface area (Å²) in [5, 5.41) is 16.6. The Labute approximate surface area is 156 Å². The molecule has 140 valence electrons. The van der Waals surface area contributed by atoms with Gasteiger partial charge in [-0.05, 0) is 37.1 Å². The van der Waals surface area contributed by atoms with Gasteiger partial charge in [-0.3, -0.25) is 14.9 Å². The van der Waals surface area contributed by atoms with Crippen LogP contribution >= 0.6 is 0 Å². The number of hydrogen-bond acceptors (Lipinski definition) is 5. The zero-order valence-corrected chi connectivity index (χ0v) is 15.0. The lowest BCUT2D eigenvalue weighted by molar-refractivity contribution is -0.384. The van der Waals surface area contributed by atoms with Crippen molar-refractivity contribution >= 4 is 22.9 Å². The normalized spacial score (nSPS) is 10.7. The average Bonchev–Trinajstić information content (AvgIpc) is 3.08. The number of benzene rings is 1. The number of amides is 1. The van der Waals surface area contributed by atoms with Crippen molar-refractivity contribution < 1.29 is 9.72 Å². The second-order valence-corrected chi connectivity index (χ2v) is 6.27. The van der Waals surface area contributed by atoms with Crippen LogP contribution in [0.1, 0.15) is 24.1 Å². The van der Waals surface area contributed by atoms with Crippen LogP contribution in [0.5, 0.6) is 0 Å². The first kappa shape index (κ1) is 18.4. The maximum absolute atomic E-state index is 12.0. The van der Waals surface area contributed by atoms with E-state index in [-0.39, 0.29) is 11.6 Å². The lowest BCUT2D eigenvalue weighted by atomic mass is 10.2. The van der Waals surface area contributed by atoms with Gasteiger partial charge < -0.3 is 15.0 Å². The molecule has 27 heavy (non-hydrogen) atoms. The molecule has 2 N–H and O–H groups in total. The molecule has 0 atom stereocenters. The molecular weight excluding hydrogens is 346 g/mol. The number of nitrogens with one attached hydrogen (secondary N) is 2. The highest BCUT2D eigenvalue weighted by atomic mass is 16.6. The van der Waals surface area contributed by atoms with Crippen LogP contribution in [0.3, 0.4) is 0 Å². The van der Waals surface area contributed by atoms with Gasteiger partial charge >= 0.3 is 0 Å². The van der Waals surface area contributed by atoms with Crippen molar-refractivity contribution in [2.45, 2.75) is 26.3 Å². The highest BCUT2D eigenvalue weighted by Gasteiger charge is 2.07. The van der Waals surface area contributed by atoms with E-state index in [1.54, 1.807) is 12.1 Å². The summed E-state index contributed by atoms with van der Waals surface area (Å²) in [6.07, 6.45) is 4.91. The van der Waals surface area contributed by atoms with Crippen LogP contribution in [-0.2, 0) is 11.3 Å². The molecule has 3 rings (SSSR count). The molecule has 0 aliphatic rings. The predicted molar refractivity (Wildman–Crippen MR) is 103 cm³/mol. The summed E-state index contributed by atoms with van der Waals surface area (Å²) >= 11 is 0. The average molecular weight is 367 g/mol. The SMILES string of the molecule is Cc1cccn2cc(CNC(=O)CCCNc3ccc([N+](=O)[O-])cc3)nc12. The van der Waals surface area contributed by atoms with Gasteiger partial charge in [0.2, 0.25) is 5.91 Å². The summed E-state index contributed by atoms with van der Waals surface area (Å²) < 4.78 is 1.95. The van der Waals surface area contributed by atoms with Crippen LogP contribution < -0.4 is 10.6 Å². The van der Waals surface area contributed by atoms with E-state index < -0.39 is 4.92 Å². The molecule has 1 amide bonds. The second-order valence-electron chi connectivity index (χ2n) is 6.27. The lowest BCUT2D eigenvalue weighted by Gasteiger charge is -2.06. The topological polar surface area (TPSA) is 102 Å². The summed E-state index contributed by atoms with van der Waals surface area (Å²) in [4.78, 5) is 26.7. The van der Waals surface area contributed by atoms with Crippen molar-refractivity contribution in [2.75, 3.05) is 11.9 Å². The third-order valence-electron chi connectivity index (χ3n) is 4.18. The number of hydrogen-bond donors (Lipinski definition) is 2. The Kier molecular flexibility index (Phi) is 5.65. The molecule has 0 aliphatic heterocycles. The fourth-order valence-electron chi connectivity index (χ4n) is 2.75.